The third kappa shape index (κ3) is 12.8. The van der Waals surface area contributed by atoms with Gasteiger partial charge in [0.2, 0.25) is 12.7 Å². The fourth-order valence-corrected chi connectivity index (χ4v) is 8.01. The molecule has 3 N–H and O–H groups in total. The smallest absolute Gasteiger partial charge is 0.407 e. The minimum absolute atomic E-state index is 0.00380. The van der Waals surface area contributed by atoms with Crippen LogP contribution >= 0.6 is 0 Å². The Morgan fingerprint density at radius 3 is 2.28 bits per heavy atom. The first kappa shape index (κ1) is 44.2. The molecule has 5 atom stereocenters. The summed E-state index contributed by atoms with van der Waals surface area (Å²) in [6, 6.07) is 24.7. The van der Waals surface area contributed by atoms with Crippen LogP contribution in [0.15, 0.2) is 78.9 Å². The Balaban J connectivity index is 1.07. The van der Waals surface area contributed by atoms with Gasteiger partial charge >= 0.3 is 18.2 Å². The lowest BCUT2D eigenvalue weighted by molar-refractivity contribution is -0.329. The van der Waals surface area contributed by atoms with Crippen LogP contribution in [0.1, 0.15) is 101 Å². The van der Waals surface area contributed by atoms with E-state index in [-0.39, 0.29) is 51.2 Å². The number of hydrogen-bond acceptors (Lipinski definition) is 11. The van der Waals surface area contributed by atoms with Crippen molar-refractivity contribution in [1.29, 1.82) is 0 Å². The van der Waals surface area contributed by atoms with E-state index in [4.69, 9.17) is 33.2 Å². The van der Waals surface area contributed by atoms with Crippen LogP contribution in [0.25, 0.3) is 0 Å². The first-order valence-electron chi connectivity index (χ1n) is 21.2. The molecular formula is C46H59N3O11. The van der Waals surface area contributed by atoms with Crippen molar-refractivity contribution in [1.82, 2.24) is 16.0 Å². The maximum absolute atomic E-state index is 13.3. The van der Waals surface area contributed by atoms with E-state index < -0.39 is 48.3 Å². The second-order valence-electron chi connectivity index (χ2n) is 16.0. The third-order valence-corrected chi connectivity index (χ3v) is 11.0. The Hall–Kier alpha value is -5.34. The maximum Gasteiger partial charge on any atom is 0.407 e. The van der Waals surface area contributed by atoms with E-state index in [1.807, 2.05) is 72.8 Å². The molecule has 0 aromatic heterocycles. The highest BCUT2D eigenvalue weighted by atomic mass is 16.7. The van der Waals surface area contributed by atoms with Crippen molar-refractivity contribution in [3.05, 3.63) is 95.6 Å². The lowest BCUT2D eigenvalue weighted by Crippen LogP contribution is -2.54. The molecule has 6 rings (SSSR count). The molecule has 14 heteroatoms. The van der Waals surface area contributed by atoms with E-state index in [9.17, 15) is 19.2 Å². The second-order valence-corrected chi connectivity index (χ2v) is 16.0. The summed E-state index contributed by atoms with van der Waals surface area (Å²) in [7, 11) is 0. The third-order valence-electron chi connectivity index (χ3n) is 11.0. The molecule has 324 valence electrons. The van der Waals surface area contributed by atoms with E-state index in [0.29, 0.717) is 62.5 Å². The summed E-state index contributed by atoms with van der Waals surface area (Å²) in [5.41, 5.74) is 2.90. The van der Waals surface area contributed by atoms with E-state index in [1.54, 1.807) is 13.0 Å². The highest BCUT2D eigenvalue weighted by Gasteiger charge is 2.47. The summed E-state index contributed by atoms with van der Waals surface area (Å²) in [6.07, 6.45) is 1.23. The van der Waals surface area contributed by atoms with Gasteiger partial charge < -0.3 is 49.1 Å². The molecule has 60 heavy (non-hydrogen) atoms. The van der Waals surface area contributed by atoms with Crippen LogP contribution in [0.3, 0.4) is 0 Å². The van der Waals surface area contributed by atoms with Crippen molar-refractivity contribution in [3.8, 4) is 11.5 Å². The van der Waals surface area contributed by atoms with Gasteiger partial charge in [-0.05, 0) is 62.1 Å². The summed E-state index contributed by atoms with van der Waals surface area (Å²) < 4.78 is 41.2. The molecule has 3 aliphatic heterocycles. The molecule has 0 radical (unpaired) electrons. The predicted molar refractivity (Wildman–Crippen MR) is 221 cm³/mol. The highest BCUT2D eigenvalue weighted by Crippen LogP contribution is 2.41. The number of fused-ring (bicyclic) bond motifs is 1. The van der Waals surface area contributed by atoms with E-state index in [1.165, 1.54) is 0 Å². The zero-order valence-electron chi connectivity index (χ0n) is 34.9. The number of nitrogens with one attached hydrogen (secondary N) is 3. The lowest BCUT2D eigenvalue weighted by atomic mass is 9.90. The number of para-hydroxylation sites is 1. The molecule has 3 aromatic carbocycles. The number of benzene rings is 3. The molecule has 0 saturated carbocycles. The Morgan fingerprint density at radius 1 is 0.833 bits per heavy atom. The minimum Gasteiger partial charge on any atom is -0.464 e. The van der Waals surface area contributed by atoms with Crippen molar-refractivity contribution >= 4 is 24.1 Å². The summed E-state index contributed by atoms with van der Waals surface area (Å²) in [5, 5.41) is 8.63. The van der Waals surface area contributed by atoms with Gasteiger partial charge in [-0.1, -0.05) is 86.6 Å². The first-order valence-corrected chi connectivity index (χ1v) is 21.2. The summed E-state index contributed by atoms with van der Waals surface area (Å²) in [6.45, 7) is 6.68. The Morgan fingerprint density at radius 2 is 1.57 bits per heavy atom. The van der Waals surface area contributed by atoms with Crippen molar-refractivity contribution in [2.24, 2.45) is 5.92 Å². The van der Waals surface area contributed by atoms with Crippen molar-refractivity contribution in [3.63, 3.8) is 0 Å². The zero-order chi connectivity index (χ0) is 42.3. The SMILES string of the molecule is CCOC(=O)[C@H](CCC(C)C)NC(=O)CC[C@@H]1C[C@@H](OC(=O)NCc2cccc3c2OCO3)C[C@@]2(CCC[C@H](COC(=O)NCC(c3ccccc3)c3ccccc3)O2)O1. The Labute approximate surface area is 352 Å². The van der Waals surface area contributed by atoms with Gasteiger partial charge in [-0.2, -0.15) is 0 Å². The molecule has 1 spiro atoms. The molecule has 3 aromatic rings. The van der Waals surface area contributed by atoms with Crippen LogP contribution in [-0.4, -0.2) is 80.8 Å². The molecule has 0 bridgehead atoms. The van der Waals surface area contributed by atoms with Gasteiger partial charge in [-0.25, -0.2) is 14.4 Å². The van der Waals surface area contributed by atoms with E-state index in [2.05, 4.69) is 29.8 Å². The van der Waals surface area contributed by atoms with Crippen molar-refractivity contribution in [2.45, 2.75) is 121 Å². The van der Waals surface area contributed by atoms with Crippen LogP contribution in [0.5, 0.6) is 11.5 Å². The van der Waals surface area contributed by atoms with Gasteiger partial charge in [0.15, 0.2) is 17.3 Å². The Bertz CT molecular complexity index is 1820. The van der Waals surface area contributed by atoms with Gasteiger partial charge in [-0.3, -0.25) is 4.79 Å². The zero-order valence-corrected chi connectivity index (χ0v) is 34.9. The average Bonchev–Trinajstić information content (AvgIpc) is 3.74. The van der Waals surface area contributed by atoms with Crippen molar-refractivity contribution < 1.29 is 52.3 Å². The standard InChI is InChI=1S/C46H59N3O11/c1-4-54-43(51)39(22-20-31(2)3)49-41(50)23-21-35-25-37(58-45(53)47-27-34-17-11-19-40-42(34)57-30-56-40)26-46(59-35)24-12-18-36(60-46)29-55-44(52)48-28-38(32-13-7-5-8-14-32)33-15-9-6-10-16-33/h5-11,13-17,19,31,35-39H,4,12,18,20-30H2,1-3H3,(H,47,53)(H,48,52)(H,49,50)/t35-,36-,37-,39+,46+/m1/s1. The van der Waals surface area contributed by atoms with E-state index >= 15 is 0 Å². The number of ether oxygens (including phenoxy) is 7. The Kier molecular flexibility index (Phi) is 16.0. The number of hydrogen-bond donors (Lipinski definition) is 3. The normalized spacial score (nSPS) is 21.2. The number of esters is 1. The molecule has 2 fully saturated rings. The lowest BCUT2D eigenvalue weighted by Gasteiger charge is -2.47. The molecule has 0 unspecified atom stereocenters. The predicted octanol–water partition coefficient (Wildman–Crippen LogP) is 7.28. The molecule has 3 amide bonds. The highest BCUT2D eigenvalue weighted by molar-refractivity contribution is 5.84. The fraction of sp³-hybridized carbons (Fsp3) is 0.522. The van der Waals surface area contributed by atoms with Gasteiger partial charge in [-0.15, -0.1) is 0 Å². The molecule has 2 saturated heterocycles. The second kappa shape index (κ2) is 21.8. The van der Waals surface area contributed by atoms with Gasteiger partial charge in [0.1, 0.15) is 18.8 Å². The summed E-state index contributed by atoms with van der Waals surface area (Å²) >= 11 is 0. The number of carbonyl (C=O) groups is 4. The molecule has 0 aliphatic carbocycles. The van der Waals surface area contributed by atoms with Crippen LogP contribution in [0.2, 0.25) is 0 Å². The largest absolute Gasteiger partial charge is 0.464 e. The monoisotopic (exact) mass is 829 g/mol. The maximum atomic E-state index is 13.3. The van der Waals surface area contributed by atoms with Gasteiger partial charge in [0.05, 0.1) is 18.8 Å². The minimum atomic E-state index is -1.14. The number of carbonyl (C=O) groups excluding carboxylic acids is 4. The quantitative estimate of drug-likeness (QED) is 0.0871. The van der Waals surface area contributed by atoms with Crippen LogP contribution in [0.4, 0.5) is 9.59 Å². The molecular weight excluding hydrogens is 771 g/mol. The molecule has 3 aliphatic rings. The number of rotatable bonds is 18. The van der Waals surface area contributed by atoms with Crippen LogP contribution in [-0.2, 0) is 39.8 Å². The summed E-state index contributed by atoms with van der Waals surface area (Å²) in [4.78, 5) is 52.3. The van der Waals surface area contributed by atoms with Gasteiger partial charge in [0.25, 0.3) is 0 Å². The fourth-order valence-electron chi connectivity index (χ4n) is 8.01. The van der Waals surface area contributed by atoms with Gasteiger partial charge in [0, 0.05) is 50.3 Å². The van der Waals surface area contributed by atoms with Crippen LogP contribution < -0.4 is 25.4 Å². The first-order chi connectivity index (χ1) is 29.1. The van der Waals surface area contributed by atoms with Crippen molar-refractivity contribution in [2.75, 3.05) is 26.6 Å². The number of amides is 3. The van der Waals surface area contributed by atoms with E-state index in [0.717, 1.165) is 23.1 Å². The van der Waals surface area contributed by atoms with Crippen LogP contribution in [0, 0.1) is 5.92 Å². The summed E-state index contributed by atoms with van der Waals surface area (Å²) in [5.74, 6) is -0.423. The molecule has 3 heterocycles. The number of alkyl carbamates (subject to hydrolysis) is 2. The topological polar surface area (TPSA) is 169 Å². The molecule has 14 nitrogen and oxygen atoms in total. The average molecular weight is 830 g/mol.